The van der Waals surface area contributed by atoms with Gasteiger partial charge < -0.3 is 18.6 Å². The SMILES string of the molecule is Cc1cc(C)c(-c2ccc3c(c2)c2cc(-c4c(C)cc(C)cc4C)cc4c2n3-c2cc(-c3ccc(Cc5cc(C)c(-c6ccc7c(c6)c6cc(-c8c(C)cc(C)cc8C)cc8c6n7-c6cc(C)cc7c6B8c6cc(C(C)(C)C)ccc6O7)c(C)c5)cc3)cc3c2B4c2cc(C(C)(C)C)ccc2O3)c(C)c1. The van der Waals surface area contributed by atoms with Gasteiger partial charge in [0.25, 0.3) is 13.4 Å². The highest BCUT2D eigenvalue weighted by atomic mass is 16.5. The number of rotatable bonds is 7. The second-order valence-electron chi connectivity index (χ2n) is 34.0. The molecule has 13 aromatic carbocycles. The van der Waals surface area contributed by atoms with Gasteiger partial charge in [-0.2, -0.15) is 0 Å². The maximum absolute atomic E-state index is 7.32. The number of ether oxygens (including phenoxy) is 2. The number of hydrogen-bond donors (Lipinski definition) is 0. The van der Waals surface area contributed by atoms with E-state index in [0.29, 0.717) is 0 Å². The van der Waals surface area contributed by atoms with Gasteiger partial charge in [0.1, 0.15) is 23.0 Å². The lowest BCUT2D eigenvalue weighted by atomic mass is 9.34. The molecule has 512 valence electrons. The van der Waals surface area contributed by atoms with Crippen molar-refractivity contribution < 1.29 is 9.47 Å². The second-order valence-corrected chi connectivity index (χ2v) is 34.0. The van der Waals surface area contributed by atoms with Crippen LogP contribution in [0.4, 0.5) is 0 Å². The molecular formula is C99H88B2N2O2. The molecule has 0 unspecified atom stereocenters. The fourth-order valence-electron chi connectivity index (χ4n) is 20.0. The number of nitrogens with zero attached hydrogens (tertiary/aromatic N) is 2. The first-order valence-electron chi connectivity index (χ1n) is 37.9. The van der Waals surface area contributed by atoms with Gasteiger partial charge in [0, 0.05) is 44.0 Å². The van der Waals surface area contributed by atoms with Gasteiger partial charge in [-0.1, -0.05) is 180 Å². The summed E-state index contributed by atoms with van der Waals surface area (Å²) in [5.74, 6) is 3.74. The minimum Gasteiger partial charge on any atom is -0.458 e. The van der Waals surface area contributed by atoms with Gasteiger partial charge in [0.15, 0.2) is 0 Å². The second kappa shape index (κ2) is 22.8. The maximum Gasteiger partial charge on any atom is 0.256 e. The van der Waals surface area contributed by atoms with Crippen LogP contribution >= 0.6 is 0 Å². The lowest BCUT2D eigenvalue weighted by molar-refractivity contribution is 0.485. The van der Waals surface area contributed by atoms with Gasteiger partial charge in [-0.05, 0) is 334 Å². The van der Waals surface area contributed by atoms with E-state index >= 15 is 0 Å². The van der Waals surface area contributed by atoms with Crippen LogP contribution in [0.15, 0.2) is 194 Å². The number of fused-ring (bicyclic) bond motifs is 14. The summed E-state index contributed by atoms with van der Waals surface area (Å²) < 4.78 is 19.5. The van der Waals surface area contributed by atoms with E-state index in [0.717, 1.165) is 40.5 Å². The van der Waals surface area contributed by atoms with Crippen LogP contribution in [0, 0.1) is 83.1 Å². The average Bonchev–Trinajstić information content (AvgIpc) is 1.58. The molecule has 15 aromatic rings. The Morgan fingerprint density at radius 1 is 0.286 bits per heavy atom. The summed E-state index contributed by atoms with van der Waals surface area (Å²) in [7, 11) is 0. The van der Waals surface area contributed by atoms with Crippen LogP contribution in [-0.4, -0.2) is 22.6 Å². The van der Waals surface area contributed by atoms with Crippen LogP contribution in [-0.2, 0) is 17.3 Å². The van der Waals surface area contributed by atoms with Crippen LogP contribution in [0.1, 0.15) is 131 Å². The van der Waals surface area contributed by atoms with Gasteiger partial charge in [-0.15, -0.1) is 0 Å². The highest BCUT2D eigenvalue weighted by Crippen LogP contribution is 2.47. The highest BCUT2D eigenvalue weighted by Gasteiger charge is 2.44. The van der Waals surface area contributed by atoms with E-state index in [9.17, 15) is 0 Å². The molecule has 0 saturated heterocycles. The molecule has 0 bridgehead atoms. The molecule has 0 aliphatic carbocycles. The summed E-state index contributed by atoms with van der Waals surface area (Å²) in [6, 6.07) is 76.2. The van der Waals surface area contributed by atoms with E-state index in [2.05, 4.69) is 328 Å². The normalized spacial score (nSPS) is 13.2. The van der Waals surface area contributed by atoms with E-state index in [4.69, 9.17) is 9.47 Å². The van der Waals surface area contributed by atoms with E-state index in [1.807, 2.05) is 0 Å². The zero-order valence-corrected chi connectivity index (χ0v) is 64.0. The molecule has 0 N–H and O–H groups in total. The molecule has 0 atom stereocenters. The Labute approximate surface area is 619 Å². The average molecular weight is 1360 g/mol. The zero-order valence-electron chi connectivity index (χ0n) is 64.0. The zero-order chi connectivity index (χ0) is 72.6. The van der Waals surface area contributed by atoms with Crippen molar-refractivity contribution in [2.45, 2.75) is 142 Å². The van der Waals surface area contributed by atoms with E-state index in [1.165, 1.54) is 221 Å². The minimum absolute atomic E-state index is 0.00652. The Morgan fingerprint density at radius 3 is 1.09 bits per heavy atom. The van der Waals surface area contributed by atoms with Gasteiger partial charge in [-0.25, -0.2) is 0 Å². The van der Waals surface area contributed by atoms with Crippen molar-refractivity contribution in [2.75, 3.05) is 0 Å². The maximum atomic E-state index is 7.32. The fourth-order valence-corrected chi connectivity index (χ4v) is 20.0. The van der Waals surface area contributed by atoms with E-state index in [-0.39, 0.29) is 24.3 Å². The molecule has 4 aliphatic rings. The number of aryl methyl sites for hydroxylation is 12. The van der Waals surface area contributed by atoms with E-state index in [1.54, 1.807) is 0 Å². The first kappa shape index (κ1) is 65.0. The topological polar surface area (TPSA) is 28.3 Å². The molecule has 4 nitrogen and oxygen atoms in total. The van der Waals surface area contributed by atoms with Gasteiger partial charge in [0.2, 0.25) is 0 Å². The summed E-state index contributed by atoms with van der Waals surface area (Å²) in [4.78, 5) is 0. The molecule has 0 fully saturated rings. The number of aromatic nitrogens is 2. The fraction of sp³-hybridized carbons (Fsp3) is 0.212. The molecule has 0 amide bonds. The van der Waals surface area contributed by atoms with Crippen molar-refractivity contribution in [1.29, 1.82) is 0 Å². The molecule has 6 heterocycles. The van der Waals surface area contributed by atoms with Crippen LogP contribution in [0.3, 0.4) is 0 Å². The van der Waals surface area contributed by atoms with Crippen LogP contribution in [0.5, 0.6) is 23.0 Å². The molecule has 0 radical (unpaired) electrons. The molecule has 6 heteroatoms. The van der Waals surface area contributed by atoms with Crippen LogP contribution in [0.25, 0.3) is 111 Å². The van der Waals surface area contributed by atoms with Crippen molar-refractivity contribution in [3.8, 4) is 90.0 Å². The Hall–Kier alpha value is -10.8. The summed E-state index contributed by atoms with van der Waals surface area (Å²) in [5, 5.41) is 5.08. The molecule has 19 rings (SSSR count). The Balaban J connectivity index is 0.719. The molecule has 0 saturated carbocycles. The third kappa shape index (κ3) is 9.94. The summed E-state index contributed by atoms with van der Waals surface area (Å²) >= 11 is 0. The van der Waals surface area contributed by atoms with Gasteiger partial charge in [0.05, 0.1) is 11.0 Å². The van der Waals surface area contributed by atoms with Crippen molar-refractivity contribution >= 4 is 89.8 Å². The number of hydrogen-bond acceptors (Lipinski definition) is 2. The van der Waals surface area contributed by atoms with Crippen LogP contribution < -0.4 is 42.3 Å². The molecule has 0 spiro atoms. The molecular weight excluding hydrogens is 1270 g/mol. The van der Waals surface area contributed by atoms with Crippen LogP contribution in [0.2, 0.25) is 0 Å². The first-order chi connectivity index (χ1) is 50.2. The lowest BCUT2D eigenvalue weighted by Gasteiger charge is -2.35. The Morgan fingerprint density at radius 2 is 0.657 bits per heavy atom. The quantitative estimate of drug-likeness (QED) is 0.149. The predicted octanol–water partition coefficient (Wildman–Crippen LogP) is 22.0. The predicted molar refractivity (Wildman–Crippen MR) is 448 cm³/mol. The van der Waals surface area contributed by atoms with Crippen molar-refractivity contribution in [1.82, 2.24) is 9.13 Å². The summed E-state index contributed by atoms with van der Waals surface area (Å²) in [5.41, 5.74) is 48.0. The standard InChI is InChI=1S/C99H88B2N2O2/c1-52-31-56(5)90(57(6)32-52)67-23-28-83-75(42-67)77-45-71(93-60(9)35-54(3)36-61(93)10)47-81-97(77)103(83)85-48-69(49-89-95(85)101(81)79-51-73(99(16,17)18)26-30-87(79)105-89)66-21-19-64(20-22-66)41-65-39-62(11)91(63(12)40-65)68-24-27-82-74(43-68)76-44-70(92-58(7)33-53(2)34-59(92)8)46-80-96(76)102(82)84-37-55(4)38-88-94(84)100(80)78-50-72(98(13,14)15)25-29-86(78)104-88/h19-40,42-51H,41H2,1-18H3. The largest absolute Gasteiger partial charge is 0.458 e. The van der Waals surface area contributed by atoms with Crippen molar-refractivity contribution in [2.24, 2.45) is 0 Å². The minimum atomic E-state index is -0.0634. The summed E-state index contributed by atoms with van der Waals surface area (Å²) in [6.07, 6.45) is 0.815. The summed E-state index contributed by atoms with van der Waals surface area (Å²) in [6.45, 7) is 41.0. The third-order valence-corrected chi connectivity index (χ3v) is 24.1. The lowest BCUT2D eigenvalue weighted by Crippen LogP contribution is -2.58. The molecule has 4 aliphatic heterocycles. The number of benzene rings is 13. The Bertz CT molecular complexity index is 6320. The first-order valence-corrected chi connectivity index (χ1v) is 37.9. The van der Waals surface area contributed by atoms with Crippen molar-refractivity contribution in [3.63, 3.8) is 0 Å². The van der Waals surface area contributed by atoms with Gasteiger partial charge in [-0.3, -0.25) is 0 Å². The Kier molecular flexibility index (Phi) is 14.1. The smallest absolute Gasteiger partial charge is 0.256 e. The van der Waals surface area contributed by atoms with Gasteiger partial charge >= 0.3 is 0 Å². The monoisotopic (exact) mass is 1360 g/mol. The molecule has 2 aromatic heterocycles. The van der Waals surface area contributed by atoms with E-state index < -0.39 is 0 Å². The molecule has 105 heavy (non-hydrogen) atoms. The third-order valence-electron chi connectivity index (χ3n) is 24.1. The highest BCUT2D eigenvalue weighted by molar-refractivity contribution is 7.00. The van der Waals surface area contributed by atoms with Crippen molar-refractivity contribution in [3.05, 3.63) is 283 Å².